The van der Waals surface area contributed by atoms with Crippen molar-refractivity contribution in [3.8, 4) is 11.5 Å². The molecule has 12 heteroatoms. The molecule has 0 bridgehead atoms. The van der Waals surface area contributed by atoms with Gasteiger partial charge in [0.1, 0.15) is 11.5 Å². The maximum absolute atomic E-state index is 14.6. The quantitative estimate of drug-likeness (QED) is 0.318. The highest BCUT2D eigenvalue weighted by Crippen LogP contribution is 2.23. The number of fused-ring (bicyclic) bond motifs is 1. The summed E-state index contributed by atoms with van der Waals surface area (Å²) in [7, 11) is 0. The highest BCUT2D eigenvalue weighted by molar-refractivity contribution is 5.67. The average Bonchev–Trinajstić information content (AvgIpc) is 3.54. The Morgan fingerprint density at radius 3 is 2.72 bits per heavy atom. The smallest absolute Gasteiger partial charge is 0.303 e. The van der Waals surface area contributed by atoms with Crippen LogP contribution in [0.3, 0.4) is 0 Å². The number of anilines is 3. The van der Waals surface area contributed by atoms with Crippen LogP contribution < -0.4 is 16.0 Å². The molecule has 1 aliphatic rings. The van der Waals surface area contributed by atoms with Gasteiger partial charge in [-0.2, -0.15) is 19.6 Å². The van der Waals surface area contributed by atoms with E-state index in [9.17, 15) is 9.18 Å². The number of nitrogens with two attached hydrogens (primary N) is 1. The molecule has 0 saturated carbocycles. The summed E-state index contributed by atoms with van der Waals surface area (Å²) < 4.78 is 21.5. The van der Waals surface area contributed by atoms with Gasteiger partial charge in [0.25, 0.3) is 0 Å². The second-order valence-electron chi connectivity index (χ2n) is 8.62. The predicted octanol–water partition coefficient (Wildman–Crippen LogP) is 2.36. The first-order valence-electron chi connectivity index (χ1n) is 11.7. The molecule has 1 aromatic carbocycles. The fourth-order valence-electron chi connectivity index (χ4n) is 4.28. The SMILES string of the molecule is Nc1nc(NCCN2CCN(c3ccc(CCC(=O)O)cc3F)CC2)nc2cc(-c3ccco3)nn12. The van der Waals surface area contributed by atoms with Crippen molar-refractivity contribution in [3.05, 3.63) is 54.0 Å². The number of piperazine rings is 1. The van der Waals surface area contributed by atoms with Crippen LogP contribution in [0.2, 0.25) is 0 Å². The summed E-state index contributed by atoms with van der Waals surface area (Å²) in [6, 6.07) is 10.4. The maximum atomic E-state index is 14.6. The van der Waals surface area contributed by atoms with Crippen LogP contribution >= 0.6 is 0 Å². The minimum atomic E-state index is -0.887. The molecule has 0 radical (unpaired) electrons. The molecular weight excluding hydrogens is 467 g/mol. The Balaban J connectivity index is 1.12. The van der Waals surface area contributed by atoms with Crippen molar-refractivity contribution in [1.29, 1.82) is 0 Å². The Morgan fingerprint density at radius 2 is 2.00 bits per heavy atom. The van der Waals surface area contributed by atoms with Gasteiger partial charge in [-0.15, -0.1) is 0 Å². The molecule has 11 nitrogen and oxygen atoms in total. The van der Waals surface area contributed by atoms with E-state index in [-0.39, 0.29) is 18.2 Å². The van der Waals surface area contributed by atoms with Crippen molar-refractivity contribution >= 4 is 29.2 Å². The summed E-state index contributed by atoms with van der Waals surface area (Å²) in [5.41, 5.74) is 8.51. The second kappa shape index (κ2) is 10.2. The van der Waals surface area contributed by atoms with Gasteiger partial charge in [-0.1, -0.05) is 6.07 Å². The van der Waals surface area contributed by atoms with Gasteiger partial charge in [0.05, 0.1) is 12.0 Å². The van der Waals surface area contributed by atoms with Gasteiger partial charge in [0.2, 0.25) is 11.9 Å². The van der Waals surface area contributed by atoms with Crippen LogP contribution in [0.15, 0.2) is 47.1 Å². The number of furan rings is 1. The zero-order valence-electron chi connectivity index (χ0n) is 19.6. The number of carboxylic acids is 1. The molecule has 0 atom stereocenters. The number of nitrogens with one attached hydrogen (secondary N) is 1. The van der Waals surface area contributed by atoms with Crippen LogP contribution in [-0.4, -0.2) is 74.8 Å². The van der Waals surface area contributed by atoms with Crippen molar-refractivity contribution in [1.82, 2.24) is 24.5 Å². The minimum Gasteiger partial charge on any atom is -0.481 e. The van der Waals surface area contributed by atoms with Crippen molar-refractivity contribution < 1.29 is 18.7 Å². The number of aliphatic carboxylic acids is 1. The fraction of sp³-hybridized carbons (Fsp3) is 0.333. The molecule has 4 heterocycles. The van der Waals surface area contributed by atoms with E-state index < -0.39 is 5.97 Å². The average molecular weight is 495 g/mol. The zero-order valence-corrected chi connectivity index (χ0v) is 19.6. The standard InChI is InChI=1S/C24H27FN8O3/c25-17-14-16(4-6-22(34)35)3-5-19(17)32-11-9-31(10-12-32)8-7-27-24-28-21-15-18(20-2-1-13-36-20)30-33(21)23(26)29-24/h1-3,5,13-15H,4,6-12H2,(H,34,35)(H3,26,27,28,29). The summed E-state index contributed by atoms with van der Waals surface area (Å²) in [6.45, 7) is 4.38. The Bertz CT molecular complexity index is 1350. The molecule has 0 spiro atoms. The number of carbonyl (C=O) groups is 1. The maximum Gasteiger partial charge on any atom is 0.303 e. The Morgan fingerprint density at radius 1 is 1.17 bits per heavy atom. The summed E-state index contributed by atoms with van der Waals surface area (Å²) in [5.74, 6) is 0.0806. The number of rotatable bonds is 9. The first kappa shape index (κ1) is 23.5. The van der Waals surface area contributed by atoms with E-state index in [2.05, 4.69) is 25.3 Å². The summed E-state index contributed by atoms with van der Waals surface area (Å²) in [4.78, 5) is 23.8. The van der Waals surface area contributed by atoms with Crippen molar-refractivity contribution in [2.75, 3.05) is 55.2 Å². The van der Waals surface area contributed by atoms with E-state index in [4.69, 9.17) is 15.3 Å². The Labute approximate surface area is 206 Å². The van der Waals surface area contributed by atoms with Crippen LogP contribution in [0, 0.1) is 5.82 Å². The zero-order chi connectivity index (χ0) is 25.1. The number of aromatic nitrogens is 4. The minimum absolute atomic E-state index is 0.00849. The number of aryl methyl sites for hydroxylation is 1. The lowest BCUT2D eigenvalue weighted by atomic mass is 10.1. The fourth-order valence-corrected chi connectivity index (χ4v) is 4.28. The highest BCUT2D eigenvalue weighted by atomic mass is 19.1. The van der Waals surface area contributed by atoms with E-state index >= 15 is 0 Å². The van der Waals surface area contributed by atoms with Crippen LogP contribution in [0.25, 0.3) is 17.1 Å². The third-order valence-electron chi connectivity index (χ3n) is 6.19. The first-order chi connectivity index (χ1) is 17.5. The predicted molar refractivity (Wildman–Crippen MR) is 132 cm³/mol. The van der Waals surface area contributed by atoms with Crippen molar-refractivity contribution in [2.45, 2.75) is 12.8 Å². The number of nitrogens with zero attached hydrogens (tertiary/aromatic N) is 6. The summed E-state index contributed by atoms with van der Waals surface area (Å²) in [6.07, 6.45) is 1.89. The van der Waals surface area contributed by atoms with Crippen LogP contribution in [-0.2, 0) is 11.2 Å². The van der Waals surface area contributed by atoms with Crippen LogP contribution in [0.4, 0.5) is 22.0 Å². The molecule has 4 aromatic rings. The molecule has 1 saturated heterocycles. The lowest BCUT2D eigenvalue weighted by molar-refractivity contribution is -0.136. The molecule has 3 aromatic heterocycles. The van der Waals surface area contributed by atoms with E-state index in [1.165, 1.54) is 10.6 Å². The normalized spacial score (nSPS) is 14.4. The third kappa shape index (κ3) is 5.23. The number of hydrogen-bond acceptors (Lipinski definition) is 9. The van der Waals surface area contributed by atoms with Gasteiger partial charge in [0.15, 0.2) is 11.4 Å². The molecule has 0 aliphatic carbocycles. The highest BCUT2D eigenvalue weighted by Gasteiger charge is 2.20. The molecule has 0 amide bonds. The molecule has 1 aliphatic heterocycles. The van der Waals surface area contributed by atoms with E-state index in [1.807, 2.05) is 11.0 Å². The Kier molecular flexibility index (Phi) is 6.67. The Hall–Kier alpha value is -4.19. The first-order valence-corrected chi connectivity index (χ1v) is 11.7. The van der Waals surface area contributed by atoms with Crippen LogP contribution in [0.5, 0.6) is 0 Å². The van der Waals surface area contributed by atoms with Crippen LogP contribution in [0.1, 0.15) is 12.0 Å². The van der Waals surface area contributed by atoms with Gasteiger partial charge in [0, 0.05) is 51.8 Å². The number of benzene rings is 1. The van der Waals surface area contributed by atoms with Gasteiger partial charge < -0.3 is 25.5 Å². The van der Waals surface area contributed by atoms with E-state index in [1.54, 1.807) is 30.5 Å². The topological polar surface area (TPSA) is 138 Å². The van der Waals surface area contributed by atoms with Crippen molar-refractivity contribution in [3.63, 3.8) is 0 Å². The molecule has 188 valence electrons. The molecule has 36 heavy (non-hydrogen) atoms. The van der Waals surface area contributed by atoms with Gasteiger partial charge >= 0.3 is 5.97 Å². The molecular formula is C24H27FN8O3. The molecule has 0 unspecified atom stereocenters. The molecule has 4 N–H and O–H groups in total. The summed E-state index contributed by atoms with van der Waals surface area (Å²) >= 11 is 0. The van der Waals surface area contributed by atoms with Gasteiger partial charge in [-0.05, 0) is 36.2 Å². The van der Waals surface area contributed by atoms with Gasteiger partial charge in [-0.25, -0.2) is 4.39 Å². The lowest BCUT2D eigenvalue weighted by Gasteiger charge is -2.36. The van der Waals surface area contributed by atoms with Gasteiger partial charge in [-0.3, -0.25) is 9.69 Å². The number of halogens is 1. The third-order valence-corrected chi connectivity index (χ3v) is 6.19. The largest absolute Gasteiger partial charge is 0.481 e. The van der Waals surface area contributed by atoms with E-state index in [0.717, 1.165) is 19.6 Å². The monoisotopic (exact) mass is 494 g/mol. The van der Waals surface area contributed by atoms with Crippen molar-refractivity contribution in [2.24, 2.45) is 0 Å². The van der Waals surface area contributed by atoms with E-state index in [0.29, 0.717) is 60.4 Å². The number of hydrogen-bond donors (Lipinski definition) is 3. The number of carboxylic acid groups (broad SMARTS) is 1. The lowest BCUT2D eigenvalue weighted by Crippen LogP contribution is -2.48. The number of nitrogen functional groups attached to an aromatic ring is 1. The second-order valence-corrected chi connectivity index (χ2v) is 8.62. The molecule has 1 fully saturated rings. The summed E-state index contributed by atoms with van der Waals surface area (Å²) in [5, 5.41) is 16.4. The molecule has 5 rings (SSSR count).